The van der Waals surface area contributed by atoms with Gasteiger partial charge in [-0.25, -0.2) is 5.01 Å². The number of nitrogens with one attached hydrogen (secondary N) is 2. The van der Waals surface area contributed by atoms with Crippen LogP contribution in [-0.2, 0) is 19.9 Å². The van der Waals surface area contributed by atoms with E-state index in [-0.39, 0.29) is 12.3 Å². The van der Waals surface area contributed by atoms with Crippen molar-refractivity contribution in [1.29, 1.82) is 0 Å². The number of hydrazine groups is 1. The molecule has 0 radical (unpaired) electrons. The first-order valence-corrected chi connectivity index (χ1v) is 9.19. The second-order valence-corrected chi connectivity index (χ2v) is 6.96. The van der Waals surface area contributed by atoms with Crippen molar-refractivity contribution in [2.75, 3.05) is 12.1 Å². The smallest absolute Gasteiger partial charge is 0.250 e. The topological polar surface area (TPSA) is 79.5 Å². The van der Waals surface area contributed by atoms with Crippen molar-refractivity contribution in [1.82, 2.24) is 15.4 Å². The maximum atomic E-state index is 13.2. The zero-order valence-corrected chi connectivity index (χ0v) is 15.4. The summed E-state index contributed by atoms with van der Waals surface area (Å²) in [5, 5.41) is 2.60. The first-order valence-electron chi connectivity index (χ1n) is 9.19. The van der Waals surface area contributed by atoms with Gasteiger partial charge < -0.3 is 14.5 Å². The average Bonchev–Trinajstić information content (AvgIpc) is 3.17. The lowest BCUT2D eigenvalue weighted by Gasteiger charge is -2.47. The minimum atomic E-state index is -0.915. The summed E-state index contributed by atoms with van der Waals surface area (Å²) >= 11 is 0. The molecular weight excluding hydrogens is 356 g/mol. The van der Waals surface area contributed by atoms with Gasteiger partial charge in [-0.2, -0.15) is 0 Å². The number of methoxy groups -OCH3 is 1. The third-order valence-corrected chi connectivity index (χ3v) is 5.33. The Labute approximate surface area is 161 Å². The van der Waals surface area contributed by atoms with Crippen LogP contribution in [0.5, 0.6) is 0 Å². The minimum absolute atomic E-state index is 0.0997. The maximum Gasteiger partial charge on any atom is 0.250 e. The van der Waals surface area contributed by atoms with E-state index >= 15 is 0 Å². The lowest BCUT2D eigenvalue weighted by Crippen LogP contribution is -2.58. The van der Waals surface area contributed by atoms with E-state index in [0.29, 0.717) is 12.2 Å². The molecule has 0 bridgehead atoms. The number of fused-ring (bicyclic) bond motifs is 2. The van der Waals surface area contributed by atoms with Gasteiger partial charge in [-0.15, -0.1) is 0 Å². The third-order valence-electron chi connectivity index (χ3n) is 5.33. The summed E-state index contributed by atoms with van der Waals surface area (Å²) in [5.41, 5.74) is 5.03. The van der Waals surface area contributed by atoms with E-state index < -0.39 is 11.9 Å². The number of amides is 1. The van der Waals surface area contributed by atoms with Gasteiger partial charge in [0, 0.05) is 36.8 Å². The Morgan fingerprint density at radius 1 is 1.25 bits per heavy atom. The first kappa shape index (κ1) is 17.0. The fourth-order valence-corrected chi connectivity index (χ4v) is 3.93. The molecule has 0 saturated carbocycles. The van der Waals surface area contributed by atoms with Crippen LogP contribution in [0, 0.1) is 0 Å². The van der Waals surface area contributed by atoms with Gasteiger partial charge in [-0.3, -0.25) is 15.2 Å². The molecule has 2 N–H and O–H groups in total. The maximum absolute atomic E-state index is 13.2. The molecule has 2 aliphatic rings. The zero-order valence-electron chi connectivity index (χ0n) is 15.4. The Kier molecular flexibility index (Phi) is 3.92. The predicted octanol–water partition coefficient (Wildman–Crippen LogP) is 2.98. The Balaban J connectivity index is 1.56. The van der Waals surface area contributed by atoms with Gasteiger partial charge >= 0.3 is 0 Å². The average molecular weight is 376 g/mol. The number of rotatable bonds is 3. The summed E-state index contributed by atoms with van der Waals surface area (Å²) in [6.07, 6.45) is 5.80. The van der Waals surface area contributed by atoms with E-state index in [1.807, 2.05) is 48.5 Å². The highest BCUT2D eigenvalue weighted by atomic mass is 16.7. The van der Waals surface area contributed by atoms with Crippen molar-refractivity contribution in [2.24, 2.45) is 0 Å². The predicted molar refractivity (Wildman–Crippen MR) is 104 cm³/mol. The number of nitrogens with zero attached hydrogens (tertiary/aromatic N) is 2. The number of para-hydroxylation sites is 1. The van der Waals surface area contributed by atoms with Crippen molar-refractivity contribution < 1.29 is 14.3 Å². The van der Waals surface area contributed by atoms with Crippen LogP contribution >= 0.6 is 0 Å². The number of hydrogen-bond acceptors (Lipinski definition) is 5. The van der Waals surface area contributed by atoms with Crippen LogP contribution in [0.15, 0.2) is 66.6 Å². The monoisotopic (exact) mass is 376 g/mol. The van der Waals surface area contributed by atoms with E-state index in [0.717, 1.165) is 22.2 Å². The van der Waals surface area contributed by atoms with Crippen molar-refractivity contribution in [3.63, 3.8) is 0 Å². The first-order chi connectivity index (χ1) is 13.7. The normalized spacial score (nSPS) is 24.6. The van der Waals surface area contributed by atoms with E-state index in [4.69, 9.17) is 9.47 Å². The van der Waals surface area contributed by atoms with Gasteiger partial charge in [0.25, 0.3) is 5.91 Å². The number of benzene rings is 1. The molecular formula is C21H20N4O3. The summed E-state index contributed by atoms with van der Waals surface area (Å²) in [4.78, 5) is 20.6. The van der Waals surface area contributed by atoms with Crippen molar-refractivity contribution in [2.45, 2.75) is 24.7 Å². The molecule has 4 heterocycles. The van der Waals surface area contributed by atoms with Crippen molar-refractivity contribution in [3.8, 4) is 0 Å². The Bertz CT molecular complexity index is 1030. The molecule has 142 valence electrons. The fourth-order valence-electron chi connectivity index (χ4n) is 3.93. The van der Waals surface area contributed by atoms with Gasteiger partial charge in [0.1, 0.15) is 11.4 Å². The van der Waals surface area contributed by atoms with E-state index in [2.05, 4.69) is 15.4 Å². The number of aromatic amines is 1. The van der Waals surface area contributed by atoms with Crippen LogP contribution in [-0.4, -0.2) is 29.3 Å². The zero-order chi connectivity index (χ0) is 19.1. The van der Waals surface area contributed by atoms with Crippen LogP contribution in [0.4, 0.5) is 5.82 Å². The van der Waals surface area contributed by atoms with E-state index in [9.17, 15) is 4.79 Å². The summed E-state index contributed by atoms with van der Waals surface area (Å²) < 4.78 is 11.7. The van der Waals surface area contributed by atoms with E-state index in [1.165, 1.54) is 0 Å². The van der Waals surface area contributed by atoms with Crippen LogP contribution in [0.25, 0.3) is 10.9 Å². The number of carbonyl (C=O) groups excluding carboxylic acids is 1. The van der Waals surface area contributed by atoms with Gasteiger partial charge in [0.2, 0.25) is 0 Å². The van der Waals surface area contributed by atoms with Crippen LogP contribution in [0.1, 0.15) is 18.4 Å². The molecule has 0 aliphatic carbocycles. The number of pyridine rings is 1. The molecule has 7 nitrogen and oxygen atoms in total. The molecule has 3 aromatic rings. The molecule has 1 amide bonds. The molecule has 1 aromatic carbocycles. The van der Waals surface area contributed by atoms with Gasteiger partial charge in [-0.05, 0) is 29.8 Å². The van der Waals surface area contributed by atoms with Gasteiger partial charge in [-0.1, -0.05) is 24.3 Å². The highest BCUT2D eigenvalue weighted by molar-refractivity contribution is 5.97. The number of carbonyl (C=O) groups is 1. The molecule has 0 unspecified atom stereocenters. The van der Waals surface area contributed by atoms with Gasteiger partial charge in [0.05, 0.1) is 12.1 Å². The van der Waals surface area contributed by atoms with Crippen LogP contribution < -0.4 is 10.4 Å². The number of hydrogen-bond donors (Lipinski definition) is 2. The van der Waals surface area contributed by atoms with Gasteiger partial charge in [0.15, 0.2) is 6.29 Å². The molecule has 1 fully saturated rings. The second kappa shape index (κ2) is 6.47. The molecule has 7 heteroatoms. The largest absolute Gasteiger partial charge is 0.356 e. The lowest BCUT2D eigenvalue weighted by atomic mass is 9.83. The number of H-pyrrole nitrogens is 1. The fraction of sp³-hybridized carbons (Fsp3) is 0.238. The molecule has 5 rings (SSSR count). The van der Waals surface area contributed by atoms with Crippen molar-refractivity contribution in [3.05, 3.63) is 72.2 Å². The SMILES string of the molecule is CO[C@@H]1CC=C2NN(c3cc4ccccc4[nH]3)C(=O)C[C@]2(c2ccncc2)O1. The third kappa shape index (κ3) is 2.59. The highest BCUT2D eigenvalue weighted by Gasteiger charge is 2.49. The second-order valence-electron chi connectivity index (χ2n) is 6.96. The van der Waals surface area contributed by atoms with Crippen LogP contribution in [0.3, 0.4) is 0 Å². The van der Waals surface area contributed by atoms with Crippen LogP contribution in [0.2, 0.25) is 0 Å². The van der Waals surface area contributed by atoms with Crippen molar-refractivity contribution >= 4 is 22.6 Å². The highest BCUT2D eigenvalue weighted by Crippen LogP contribution is 2.44. The molecule has 0 spiro atoms. The quantitative estimate of drug-likeness (QED) is 0.735. The lowest BCUT2D eigenvalue weighted by molar-refractivity contribution is -0.204. The number of ether oxygens (including phenoxy) is 2. The molecule has 28 heavy (non-hydrogen) atoms. The standard InChI is InChI=1S/C21H20N4O3/c1-27-20-7-6-17-21(28-20,15-8-10-22-11-9-15)13-19(26)25(24-17)18-12-14-4-2-3-5-16(14)23-18/h2-6,8-12,20,23-24H,7,13H2,1H3/t20-,21+/m0/s1. The molecule has 2 atom stereocenters. The van der Waals surface area contributed by atoms with E-state index in [1.54, 1.807) is 24.5 Å². The summed E-state index contributed by atoms with van der Waals surface area (Å²) in [7, 11) is 1.61. The molecule has 1 saturated heterocycles. The summed E-state index contributed by atoms with van der Waals surface area (Å²) in [6, 6.07) is 13.6. The Hall–Kier alpha value is -3.16. The molecule has 2 aromatic heterocycles. The molecule has 2 aliphatic heterocycles. The Morgan fingerprint density at radius 3 is 2.86 bits per heavy atom. The Morgan fingerprint density at radius 2 is 2.07 bits per heavy atom. The minimum Gasteiger partial charge on any atom is -0.356 e. The summed E-state index contributed by atoms with van der Waals surface area (Å²) in [6.45, 7) is 0. The number of anilines is 1. The summed E-state index contributed by atoms with van der Waals surface area (Å²) in [5.74, 6) is 0.599. The number of aromatic nitrogens is 2.